The van der Waals surface area contributed by atoms with Gasteiger partial charge in [0.15, 0.2) is 5.82 Å². The Balaban J connectivity index is 1.73. The maximum atomic E-state index is 12.7. The van der Waals surface area contributed by atoms with Gasteiger partial charge >= 0.3 is 0 Å². The SMILES string of the molecule is COCc1nc(OC)c2c(C)c(C(=O)NCC(=O)Nc3ccc(Br)c(C)c3)sc2n1. The third-order valence-corrected chi connectivity index (χ3v) is 6.40. The zero-order chi connectivity index (χ0) is 21.8. The molecule has 0 saturated carbocycles. The molecule has 8 nitrogen and oxygen atoms in total. The fraction of sp³-hybridized carbons (Fsp3) is 0.300. The zero-order valence-corrected chi connectivity index (χ0v) is 19.4. The summed E-state index contributed by atoms with van der Waals surface area (Å²) in [5.41, 5.74) is 2.37. The molecule has 0 aliphatic heterocycles. The first kappa shape index (κ1) is 22.1. The summed E-state index contributed by atoms with van der Waals surface area (Å²) in [5, 5.41) is 6.11. The lowest BCUT2D eigenvalue weighted by Gasteiger charge is -2.08. The van der Waals surface area contributed by atoms with Gasteiger partial charge in [-0.25, -0.2) is 4.98 Å². The van der Waals surface area contributed by atoms with Crippen LogP contribution >= 0.6 is 27.3 Å². The summed E-state index contributed by atoms with van der Waals surface area (Å²) in [4.78, 5) is 34.8. The second-order valence-electron chi connectivity index (χ2n) is 6.51. The van der Waals surface area contributed by atoms with Gasteiger partial charge < -0.3 is 20.1 Å². The number of hydrogen-bond donors (Lipinski definition) is 2. The number of nitrogens with one attached hydrogen (secondary N) is 2. The number of halogens is 1. The first-order valence-corrected chi connectivity index (χ1v) is 10.6. The van der Waals surface area contributed by atoms with Gasteiger partial charge in [0.2, 0.25) is 11.8 Å². The normalized spacial score (nSPS) is 10.8. The van der Waals surface area contributed by atoms with Crippen LogP contribution in [-0.4, -0.2) is 42.5 Å². The highest BCUT2D eigenvalue weighted by Gasteiger charge is 2.21. The summed E-state index contributed by atoms with van der Waals surface area (Å²) in [6, 6.07) is 5.49. The van der Waals surface area contributed by atoms with Crippen molar-refractivity contribution in [2.75, 3.05) is 26.1 Å². The molecule has 3 aromatic rings. The lowest BCUT2D eigenvalue weighted by atomic mass is 10.2. The van der Waals surface area contributed by atoms with Crippen molar-refractivity contribution in [2.24, 2.45) is 0 Å². The number of nitrogens with zero attached hydrogens (tertiary/aromatic N) is 2. The number of benzene rings is 1. The fourth-order valence-corrected chi connectivity index (χ4v) is 4.22. The van der Waals surface area contributed by atoms with Crippen molar-refractivity contribution in [1.82, 2.24) is 15.3 Å². The van der Waals surface area contributed by atoms with E-state index in [1.54, 1.807) is 20.1 Å². The molecule has 30 heavy (non-hydrogen) atoms. The van der Waals surface area contributed by atoms with Crippen LogP contribution in [0.1, 0.15) is 26.6 Å². The molecule has 2 amide bonds. The van der Waals surface area contributed by atoms with Gasteiger partial charge in [-0.2, -0.15) is 4.98 Å². The Morgan fingerprint density at radius 2 is 1.97 bits per heavy atom. The van der Waals surface area contributed by atoms with Crippen LogP contribution in [0.25, 0.3) is 10.2 Å². The van der Waals surface area contributed by atoms with E-state index in [0.717, 1.165) is 10.0 Å². The molecule has 0 radical (unpaired) electrons. The number of thiophene rings is 1. The Kier molecular flexibility index (Phi) is 7.01. The Labute approximate surface area is 186 Å². The van der Waals surface area contributed by atoms with Gasteiger partial charge in [-0.15, -0.1) is 11.3 Å². The molecule has 2 aromatic heterocycles. The molecule has 2 heterocycles. The Morgan fingerprint density at radius 1 is 1.20 bits per heavy atom. The summed E-state index contributed by atoms with van der Waals surface area (Å²) in [6.45, 7) is 3.82. The number of amides is 2. The molecule has 10 heteroatoms. The van der Waals surface area contributed by atoms with Crippen molar-refractivity contribution in [2.45, 2.75) is 20.5 Å². The van der Waals surface area contributed by atoms with Crippen molar-refractivity contribution < 1.29 is 19.1 Å². The van der Waals surface area contributed by atoms with Crippen LogP contribution in [0.4, 0.5) is 5.69 Å². The number of fused-ring (bicyclic) bond motifs is 1. The number of rotatable bonds is 7. The van der Waals surface area contributed by atoms with E-state index in [1.165, 1.54) is 18.4 Å². The van der Waals surface area contributed by atoms with E-state index in [9.17, 15) is 9.59 Å². The lowest BCUT2D eigenvalue weighted by Crippen LogP contribution is -2.32. The van der Waals surface area contributed by atoms with E-state index < -0.39 is 0 Å². The Bertz CT molecular complexity index is 1120. The van der Waals surface area contributed by atoms with Gasteiger partial charge in [-0.05, 0) is 43.2 Å². The number of hydrogen-bond acceptors (Lipinski definition) is 7. The molecule has 1 aromatic carbocycles. The molecule has 0 aliphatic rings. The number of aromatic nitrogens is 2. The van der Waals surface area contributed by atoms with E-state index in [2.05, 4.69) is 36.5 Å². The molecular weight excluding hydrogens is 472 g/mol. The summed E-state index contributed by atoms with van der Waals surface area (Å²) in [6.07, 6.45) is 0. The quantitative estimate of drug-likeness (QED) is 0.522. The molecule has 0 saturated heterocycles. The van der Waals surface area contributed by atoms with Crippen molar-refractivity contribution >= 4 is 55.0 Å². The van der Waals surface area contributed by atoms with Crippen LogP contribution in [0.3, 0.4) is 0 Å². The summed E-state index contributed by atoms with van der Waals surface area (Å²) < 4.78 is 11.4. The number of carbonyl (C=O) groups excluding carboxylic acids is 2. The van der Waals surface area contributed by atoms with Crippen molar-refractivity contribution in [3.8, 4) is 5.88 Å². The number of methoxy groups -OCH3 is 2. The third-order valence-electron chi connectivity index (χ3n) is 4.33. The highest BCUT2D eigenvalue weighted by molar-refractivity contribution is 9.10. The number of carbonyl (C=O) groups is 2. The first-order chi connectivity index (χ1) is 14.3. The van der Waals surface area contributed by atoms with Gasteiger partial charge in [-0.3, -0.25) is 9.59 Å². The van der Waals surface area contributed by atoms with E-state index in [-0.39, 0.29) is 25.0 Å². The van der Waals surface area contributed by atoms with Gasteiger partial charge in [0.05, 0.1) is 23.9 Å². The summed E-state index contributed by atoms with van der Waals surface area (Å²) in [5.74, 6) is 0.194. The van der Waals surface area contributed by atoms with Gasteiger partial charge in [0, 0.05) is 17.3 Å². The third kappa shape index (κ3) is 4.77. The van der Waals surface area contributed by atoms with Crippen LogP contribution < -0.4 is 15.4 Å². The van der Waals surface area contributed by atoms with Crippen LogP contribution in [0, 0.1) is 13.8 Å². The average Bonchev–Trinajstić information content (AvgIpc) is 3.05. The topological polar surface area (TPSA) is 102 Å². The molecule has 2 N–H and O–H groups in total. The summed E-state index contributed by atoms with van der Waals surface area (Å²) >= 11 is 4.65. The molecule has 0 fully saturated rings. The maximum Gasteiger partial charge on any atom is 0.262 e. The summed E-state index contributed by atoms with van der Waals surface area (Å²) in [7, 11) is 3.07. The van der Waals surface area contributed by atoms with Crippen molar-refractivity contribution in [1.29, 1.82) is 0 Å². The van der Waals surface area contributed by atoms with Gasteiger partial charge in [0.25, 0.3) is 5.91 Å². The number of aryl methyl sites for hydroxylation is 2. The molecule has 0 spiro atoms. The van der Waals surface area contributed by atoms with Crippen molar-refractivity contribution in [3.05, 3.63) is 44.5 Å². The molecule has 158 valence electrons. The molecule has 0 atom stereocenters. The molecule has 0 unspecified atom stereocenters. The van der Waals surface area contributed by atoms with Gasteiger partial charge in [0.1, 0.15) is 11.4 Å². The molecular formula is C20H21BrN4O4S. The number of ether oxygens (including phenoxy) is 2. The highest BCUT2D eigenvalue weighted by Crippen LogP contribution is 2.35. The number of anilines is 1. The minimum absolute atomic E-state index is 0.153. The smallest absolute Gasteiger partial charge is 0.262 e. The molecule has 0 aliphatic carbocycles. The fourth-order valence-electron chi connectivity index (χ4n) is 2.87. The predicted molar refractivity (Wildman–Crippen MR) is 119 cm³/mol. The second-order valence-corrected chi connectivity index (χ2v) is 8.37. The largest absolute Gasteiger partial charge is 0.480 e. The monoisotopic (exact) mass is 492 g/mol. The van der Waals surface area contributed by atoms with Crippen LogP contribution in [0.15, 0.2) is 22.7 Å². The van der Waals surface area contributed by atoms with Crippen LogP contribution in [0.2, 0.25) is 0 Å². The predicted octanol–water partition coefficient (Wildman–Crippen LogP) is 3.59. The van der Waals surface area contributed by atoms with E-state index >= 15 is 0 Å². The lowest BCUT2D eigenvalue weighted by molar-refractivity contribution is -0.115. The van der Waals surface area contributed by atoms with Crippen molar-refractivity contribution in [3.63, 3.8) is 0 Å². The highest BCUT2D eigenvalue weighted by atomic mass is 79.9. The van der Waals surface area contributed by atoms with E-state index in [1.807, 2.05) is 19.1 Å². The standard InChI is InChI=1S/C20H21BrN4O4S/c1-10-7-12(5-6-13(10)21)23-15(26)8-22-18(27)17-11(2)16-19(29-4)24-14(9-28-3)25-20(16)30-17/h5-7H,8-9H2,1-4H3,(H,22,27)(H,23,26). The first-order valence-electron chi connectivity index (χ1n) is 9.01. The van der Waals surface area contributed by atoms with Crippen LogP contribution in [0.5, 0.6) is 5.88 Å². The zero-order valence-electron chi connectivity index (χ0n) is 17.0. The van der Waals surface area contributed by atoms with Crippen LogP contribution in [-0.2, 0) is 16.1 Å². The molecule has 3 rings (SSSR count). The molecule has 0 bridgehead atoms. The van der Waals surface area contributed by atoms with E-state index in [4.69, 9.17) is 9.47 Å². The Hall–Kier alpha value is -2.56. The van der Waals surface area contributed by atoms with Gasteiger partial charge in [-0.1, -0.05) is 15.9 Å². The average molecular weight is 493 g/mol. The van der Waals surface area contributed by atoms with E-state index in [0.29, 0.717) is 38.0 Å². The maximum absolute atomic E-state index is 12.7. The minimum Gasteiger partial charge on any atom is -0.480 e. The second kappa shape index (κ2) is 9.50. The minimum atomic E-state index is -0.354. The Morgan fingerprint density at radius 3 is 2.63 bits per heavy atom.